The molecule has 318 valence electrons. The molecule has 6 aromatic rings. The van der Waals surface area contributed by atoms with E-state index in [0.29, 0.717) is 81.9 Å². The maximum Gasteiger partial charge on any atom is 0.434 e. The van der Waals surface area contributed by atoms with Gasteiger partial charge in [0.25, 0.3) is 5.89 Å². The number of thiophene rings is 1. The molecule has 1 aromatic carbocycles. The van der Waals surface area contributed by atoms with Crippen LogP contribution in [0.5, 0.6) is 0 Å². The van der Waals surface area contributed by atoms with Gasteiger partial charge in [0.15, 0.2) is 0 Å². The van der Waals surface area contributed by atoms with Crippen LogP contribution in [0, 0.1) is 5.82 Å². The predicted octanol–water partition coefficient (Wildman–Crippen LogP) is 9.39. The Morgan fingerprint density at radius 1 is 1.03 bits per heavy atom. The van der Waals surface area contributed by atoms with Crippen molar-refractivity contribution in [3.05, 3.63) is 111 Å². The second-order valence-corrected chi connectivity index (χ2v) is 16.9. The Morgan fingerprint density at radius 2 is 1.82 bits per heavy atom. The van der Waals surface area contributed by atoms with Crippen LogP contribution in [0.25, 0.3) is 32.0 Å². The number of fused-ring (bicyclic) bond motifs is 2. The van der Waals surface area contributed by atoms with Crippen LogP contribution in [-0.2, 0) is 34.9 Å². The quantitative estimate of drug-likeness (QED) is 0.0996. The van der Waals surface area contributed by atoms with Gasteiger partial charge in [-0.1, -0.05) is 18.2 Å². The molecule has 13 nitrogen and oxygen atoms in total. The minimum absolute atomic E-state index is 0.00386. The molecule has 0 unspecified atom stereocenters. The molecule has 5 aromatic heterocycles. The lowest BCUT2D eigenvalue weighted by Crippen LogP contribution is -2.37. The van der Waals surface area contributed by atoms with E-state index >= 15 is 0 Å². The fourth-order valence-corrected chi connectivity index (χ4v) is 9.10. The van der Waals surface area contributed by atoms with E-state index in [4.69, 9.17) is 18.9 Å². The molecule has 1 aliphatic heterocycles. The number of nitrogens with one attached hydrogen (secondary N) is 2. The number of aromatic nitrogens is 5. The maximum atomic E-state index is 14.5. The molecule has 1 fully saturated rings. The molecule has 2 N–H and O–H groups in total. The van der Waals surface area contributed by atoms with E-state index in [2.05, 4.69) is 25.5 Å². The van der Waals surface area contributed by atoms with Crippen LogP contribution in [0.3, 0.4) is 0 Å². The number of carbonyl (C=O) groups excluding carboxylic acids is 2. The number of hydrogen-bond acceptors (Lipinski definition) is 12. The highest BCUT2D eigenvalue weighted by molar-refractivity contribution is 7.23. The largest absolute Gasteiger partial charge is 0.462 e. The first kappa shape index (κ1) is 41.6. The van der Waals surface area contributed by atoms with E-state index in [1.165, 1.54) is 29.5 Å². The summed E-state index contributed by atoms with van der Waals surface area (Å²) in [7, 11) is 0. The molecule has 1 amide bonds. The van der Waals surface area contributed by atoms with Crippen LogP contribution in [0.2, 0.25) is 0 Å². The molecule has 1 saturated heterocycles. The standard InChI is InChI=1S/C43H41F4N7O6S/c1-5-58-39(55)34-33(30-21-23-18-19-48-37(36(23)61-30)51-27-16-15-26-25(27)13-17-31(49-26)43(45,46)47)32(38-52-53-40(56)59-38)28(14-10-22-8-11-24(44)12-9-22)50-35(34)29-7-6-20-54(29)41(57)60-42(2,3)4/h8-9,11-13,17-19,21,27,29H,5-7,10,14-16,20H2,1-4H3,(H,48,51)(H,53,56)/t27-,29+/m1/s1. The van der Waals surface area contributed by atoms with Crippen molar-refractivity contribution >= 4 is 39.3 Å². The van der Waals surface area contributed by atoms with Crippen molar-refractivity contribution in [2.75, 3.05) is 18.5 Å². The molecular weight excluding hydrogens is 819 g/mol. The fraction of sp³-hybridized carbons (Fsp3) is 0.372. The van der Waals surface area contributed by atoms with Crippen molar-refractivity contribution in [1.82, 2.24) is 30.0 Å². The van der Waals surface area contributed by atoms with Gasteiger partial charge in [-0.2, -0.15) is 13.2 Å². The van der Waals surface area contributed by atoms with Gasteiger partial charge in [0.2, 0.25) is 0 Å². The fourth-order valence-electron chi connectivity index (χ4n) is 7.93. The molecule has 2 atom stereocenters. The lowest BCUT2D eigenvalue weighted by molar-refractivity contribution is -0.141. The molecule has 0 radical (unpaired) electrons. The zero-order valence-corrected chi connectivity index (χ0v) is 34.4. The van der Waals surface area contributed by atoms with Crippen LogP contribution in [0.15, 0.2) is 63.9 Å². The van der Waals surface area contributed by atoms with Gasteiger partial charge >= 0.3 is 24.0 Å². The first-order valence-corrected chi connectivity index (χ1v) is 20.7. The number of alkyl halides is 3. The number of aromatic amines is 1. The Labute approximate surface area is 350 Å². The van der Waals surface area contributed by atoms with Gasteiger partial charge < -0.3 is 19.2 Å². The van der Waals surface area contributed by atoms with Crippen LogP contribution in [-0.4, -0.2) is 60.9 Å². The average Bonchev–Trinajstić information content (AvgIpc) is 4.03. The minimum Gasteiger partial charge on any atom is -0.462 e. The Kier molecular flexibility index (Phi) is 11.1. The second kappa shape index (κ2) is 16.4. The number of halogens is 4. The smallest absolute Gasteiger partial charge is 0.434 e. The third kappa shape index (κ3) is 8.58. The summed E-state index contributed by atoms with van der Waals surface area (Å²) in [6.07, 6.45) is -1.12. The molecular formula is C43H41F4N7O6S. The second-order valence-electron chi connectivity index (χ2n) is 15.8. The number of H-pyrrole nitrogens is 1. The number of benzene rings is 1. The third-order valence-electron chi connectivity index (χ3n) is 10.5. The monoisotopic (exact) mass is 859 g/mol. The summed E-state index contributed by atoms with van der Waals surface area (Å²) in [6.45, 7) is 7.30. The zero-order chi connectivity index (χ0) is 43.2. The molecule has 8 rings (SSSR count). The molecule has 6 heterocycles. The van der Waals surface area contributed by atoms with E-state index in [1.54, 1.807) is 57.0 Å². The zero-order valence-electron chi connectivity index (χ0n) is 33.6. The topological polar surface area (TPSA) is 165 Å². The summed E-state index contributed by atoms with van der Waals surface area (Å²) in [5.74, 6) is -1.67. The summed E-state index contributed by atoms with van der Waals surface area (Å²) >= 11 is 1.27. The molecule has 0 saturated carbocycles. The van der Waals surface area contributed by atoms with Crippen molar-refractivity contribution in [1.29, 1.82) is 0 Å². The molecule has 2 aliphatic rings. The highest BCUT2D eigenvalue weighted by atomic mass is 32.1. The van der Waals surface area contributed by atoms with Gasteiger partial charge in [0.1, 0.15) is 22.9 Å². The van der Waals surface area contributed by atoms with Gasteiger partial charge in [0, 0.05) is 28.9 Å². The maximum absolute atomic E-state index is 14.5. The molecule has 1 aliphatic carbocycles. The van der Waals surface area contributed by atoms with Crippen LogP contribution in [0.1, 0.15) is 103 Å². The average molecular weight is 860 g/mol. The summed E-state index contributed by atoms with van der Waals surface area (Å²) in [4.78, 5) is 56.6. The van der Waals surface area contributed by atoms with Crippen LogP contribution < -0.4 is 11.1 Å². The summed E-state index contributed by atoms with van der Waals surface area (Å²) < 4.78 is 72.2. The number of amides is 1. The van der Waals surface area contributed by atoms with E-state index in [-0.39, 0.29) is 41.8 Å². The number of pyridine rings is 3. The lowest BCUT2D eigenvalue weighted by atomic mass is 9.91. The van der Waals surface area contributed by atoms with Gasteiger partial charge in [-0.15, -0.1) is 16.4 Å². The van der Waals surface area contributed by atoms with E-state index < -0.39 is 47.1 Å². The Hall–Kier alpha value is -6.17. The van der Waals surface area contributed by atoms with Gasteiger partial charge in [-0.3, -0.25) is 9.88 Å². The Morgan fingerprint density at radius 3 is 2.52 bits per heavy atom. The number of esters is 1. The summed E-state index contributed by atoms with van der Waals surface area (Å²) in [5, 5.41) is 10.7. The van der Waals surface area contributed by atoms with Crippen molar-refractivity contribution in [3.63, 3.8) is 0 Å². The number of ether oxygens (including phenoxy) is 2. The Bertz CT molecular complexity index is 2690. The van der Waals surface area contributed by atoms with Crippen LogP contribution in [0.4, 0.5) is 28.2 Å². The summed E-state index contributed by atoms with van der Waals surface area (Å²) in [6, 6.07) is 11.0. The van der Waals surface area contributed by atoms with Gasteiger partial charge in [0.05, 0.1) is 45.9 Å². The number of aryl methyl sites for hydroxylation is 3. The van der Waals surface area contributed by atoms with Crippen molar-refractivity contribution in [3.8, 4) is 21.9 Å². The summed E-state index contributed by atoms with van der Waals surface area (Å²) in [5.41, 5.74) is 1.24. The van der Waals surface area contributed by atoms with E-state index in [0.717, 1.165) is 11.6 Å². The van der Waals surface area contributed by atoms with Crippen molar-refractivity contribution < 1.29 is 41.0 Å². The first-order chi connectivity index (χ1) is 29.1. The number of anilines is 1. The highest BCUT2D eigenvalue weighted by Gasteiger charge is 2.40. The van der Waals surface area contributed by atoms with Crippen molar-refractivity contribution in [2.45, 2.75) is 90.1 Å². The third-order valence-corrected chi connectivity index (χ3v) is 11.7. The SMILES string of the molecule is CCOC(=O)c1c([C@@H]2CCCN2C(=O)OC(C)(C)C)nc(CCc2ccc(F)cc2)c(-c2n[nH]c(=O)o2)c1-c1cc2ccnc(N[C@@H]3CCc4nc(C(F)(F)F)ccc43)c2s1. The minimum atomic E-state index is -4.57. The molecule has 61 heavy (non-hydrogen) atoms. The molecule has 0 spiro atoms. The van der Waals surface area contributed by atoms with Gasteiger partial charge in [-0.05, 0) is 113 Å². The number of carbonyl (C=O) groups is 2. The van der Waals surface area contributed by atoms with E-state index in [1.807, 2.05) is 6.07 Å². The first-order valence-electron chi connectivity index (χ1n) is 19.8. The predicted molar refractivity (Wildman–Crippen MR) is 218 cm³/mol. The normalized spacial score (nSPS) is 16.6. The number of likely N-dealkylation sites (tertiary alicyclic amines) is 1. The number of rotatable bonds is 10. The Balaban J connectivity index is 1.32. The highest BCUT2D eigenvalue weighted by Crippen LogP contribution is 2.48. The van der Waals surface area contributed by atoms with Gasteiger partial charge in [-0.25, -0.2) is 33.8 Å². The number of nitrogens with zero attached hydrogens (tertiary/aromatic N) is 5. The molecule has 0 bridgehead atoms. The van der Waals surface area contributed by atoms with Crippen molar-refractivity contribution in [2.24, 2.45) is 0 Å². The van der Waals surface area contributed by atoms with Crippen LogP contribution >= 0.6 is 11.3 Å². The van der Waals surface area contributed by atoms with E-state index in [9.17, 15) is 31.9 Å². The number of hydrogen-bond donors (Lipinski definition) is 2. The lowest BCUT2D eigenvalue weighted by Gasteiger charge is -2.30. The molecule has 18 heteroatoms.